The Hall–Kier alpha value is -1.03. The Balaban J connectivity index is 2.13. The molecule has 19 heavy (non-hydrogen) atoms. The van der Waals surface area contributed by atoms with Gasteiger partial charge in [0, 0.05) is 12.7 Å². The van der Waals surface area contributed by atoms with Crippen molar-refractivity contribution in [1.82, 2.24) is 9.78 Å². The molecule has 0 bridgehead atoms. The lowest BCUT2D eigenvalue weighted by Crippen LogP contribution is -2.18. The van der Waals surface area contributed by atoms with Crippen LogP contribution >= 0.6 is 23.2 Å². The number of hydrogen-bond donors (Lipinski definition) is 1. The predicted molar refractivity (Wildman–Crippen MR) is 79.6 cm³/mol. The van der Waals surface area contributed by atoms with Crippen molar-refractivity contribution < 1.29 is 0 Å². The molecule has 1 unspecified atom stereocenters. The Kier molecular flexibility index (Phi) is 4.86. The summed E-state index contributed by atoms with van der Waals surface area (Å²) in [5.74, 6) is 0. The average Bonchev–Trinajstić information content (AvgIpc) is 2.83. The lowest BCUT2D eigenvalue weighted by atomic mass is 10.0. The van der Waals surface area contributed by atoms with Crippen LogP contribution in [0.4, 0.5) is 0 Å². The van der Waals surface area contributed by atoms with E-state index >= 15 is 0 Å². The zero-order valence-electron chi connectivity index (χ0n) is 10.8. The van der Waals surface area contributed by atoms with E-state index in [4.69, 9.17) is 28.9 Å². The Morgan fingerprint density at radius 2 is 2.05 bits per heavy atom. The SMILES string of the molecule is CCCn1nccc1C(N)Cc1ccc(Cl)c(Cl)c1. The van der Waals surface area contributed by atoms with Crippen molar-refractivity contribution in [2.45, 2.75) is 32.4 Å². The van der Waals surface area contributed by atoms with E-state index in [1.165, 1.54) is 0 Å². The molecule has 102 valence electrons. The van der Waals surface area contributed by atoms with Crippen LogP contribution in [0.5, 0.6) is 0 Å². The highest BCUT2D eigenvalue weighted by atomic mass is 35.5. The van der Waals surface area contributed by atoms with Crippen LogP contribution in [-0.2, 0) is 13.0 Å². The molecule has 3 nitrogen and oxygen atoms in total. The molecule has 2 rings (SSSR count). The first-order valence-electron chi connectivity index (χ1n) is 6.33. The molecule has 5 heteroatoms. The monoisotopic (exact) mass is 297 g/mol. The van der Waals surface area contributed by atoms with Crippen LogP contribution in [0, 0.1) is 0 Å². The third-order valence-electron chi connectivity index (χ3n) is 3.00. The Labute approximate surface area is 123 Å². The fourth-order valence-electron chi connectivity index (χ4n) is 2.08. The van der Waals surface area contributed by atoms with E-state index in [1.54, 1.807) is 12.3 Å². The summed E-state index contributed by atoms with van der Waals surface area (Å²) in [4.78, 5) is 0. The number of benzene rings is 1. The largest absolute Gasteiger partial charge is 0.322 e. The molecule has 1 aromatic heterocycles. The lowest BCUT2D eigenvalue weighted by molar-refractivity contribution is 0.538. The van der Waals surface area contributed by atoms with Crippen molar-refractivity contribution in [3.63, 3.8) is 0 Å². The summed E-state index contributed by atoms with van der Waals surface area (Å²) in [5.41, 5.74) is 8.38. The van der Waals surface area contributed by atoms with Gasteiger partial charge in [-0.25, -0.2) is 0 Å². The molecule has 1 aromatic carbocycles. The van der Waals surface area contributed by atoms with Crippen LogP contribution in [0.25, 0.3) is 0 Å². The topological polar surface area (TPSA) is 43.8 Å². The van der Waals surface area contributed by atoms with Gasteiger partial charge in [-0.05, 0) is 36.6 Å². The Morgan fingerprint density at radius 3 is 2.74 bits per heavy atom. The maximum absolute atomic E-state index is 6.25. The third kappa shape index (κ3) is 3.50. The van der Waals surface area contributed by atoms with Gasteiger partial charge < -0.3 is 5.73 Å². The van der Waals surface area contributed by atoms with Crippen molar-refractivity contribution in [3.8, 4) is 0 Å². The minimum atomic E-state index is -0.0914. The standard InChI is InChI=1S/C14H17Cl2N3/c1-2-7-19-14(5-6-18-19)13(17)9-10-3-4-11(15)12(16)8-10/h3-6,8,13H,2,7,9,17H2,1H3. The molecule has 0 aliphatic heterocycles. The van der Waals surface area contributed by atoms with Crippen molar-refractivity contribution in [1.29, 1.82) is 0 Å². The summed E-state index contributed by atoms with van der Waals surface area (Å²) in [5, 5.41) is 5.42. The quantitative estimate of drug-likeness (QED) is 0.911. The number of aryl methyl sites for hydroxylation is 1. The van der Waals surface area contributed by atoms with E-state index in [2.05, 4.69) is 12.0 Å². The van der Waals surface area contributed by atoms with E-state index in [1.807, 2.05) is 22.9 Å². The molecule has 0 aliphatic rings. The van der Waals surface area contributed by atoms with Gasteiger partial charge in [0.15, 0.2) is 0 Å². The molecule has 1 heterocycles. The highest BCUT2D eigenvalue weighted by Gasteiger charge is 2.12. The molecule has 0 aliphatic carbocycles. The van der Waals surface area contributed by atoms with Crippen LogP contribution in [-0.4, -0.2) is 9.78 Å². The molecule has 0 saturated carbocycles. The van der Waals surface area contributed by atoms with Crippen LogP contribution in [0.1, 0.15) is 30.6 Å². The normalized spacial score (nSPS) is 12.6. The second-order valence-electron chi connectivity index (χ2n) is 4.54. The van der Waals surface area contributed by atoms with Gasteiger partial charge in [0.1, 0.15) is 0 Å². The number of hydrogen-bond acceptors (Lipinski definition) is 2. The van der Waals surface area contributed by atoms with Crippen molar-refractivity contribution in [2.75, 3.05) is 0 Å². The molecule has 0 fully saturated rings. The Morgan fingerprint density at radius 1 is 1.26 bits per heavy atom. The minimum absolute atomic E-state index is 0.0914. The average molecular weight is 298 g/mol. The van der Waals surface area contributed by atoms with Gasteiger partial charge in [-0.15, -0.1) is 0 Å². The van der Waals surface area contributed by atoms with E-state index in [0.29, 0.717) is 16.5 Å². The van der Waals surface area contributed by atoms with E-state index < -0.39 is 0 Å². The molecule has 0 radical (unpaired) electrons. The van der Waals surface area contributed by atoms with E-state index in [0.717, 1.165) is 24.2 Å². The first kappa shape index (κ1) is 14.4. The van der Waals surface area contributed by atoms with Gasteiger partial charge >= 0.3 is 0 Å². The maximum atomic E-state index is 6.25. The summed E-state index contributed by atoms with van der Waals surface area (Å²) in [6.07, 6.45) is 3.54. The van der Waals surface area contributed by atoms with Crippen LogP contribution < -0.4 is 5.73 Å². The van der Waals surface area contributed by atoms with Gasteiger partial charge in [0.2, 0.25) is 0 Å². The fraction of sp³-hybridized carbons (Fsp3) is 0.357. The third-order valence-corrected chi connectivity index (χ3v) is 3.74. The van der Waals surface area contributed by atoms with E-state index in [-0.39, 0.29) is 6.04 Å². The van der Waals surface area contributed by atoms with Crippen LogP contribution in [0.15, 0.2) is 30.5 Å². The number of nitrogens with two attached hydrogens (primary N) is 1. The Bertz CT molecular complexity index is 551. The van der Waals surface area contributed by atoms with Gasteiger partial charge in [-0.2, -0.15) is 5.10 Å². The van der Waals surface area contributed by atoms with Gasteiger partial charge in [-0.1, -0.05) is 36.2 Å². The van der Waals surface area contributed by atoms with Crippen LogP contribution in [0.2, 0.25) is 10.0 Å². The molecule has 0 amide bonds. The van der Waals surface area contributed by atoms with Crippen LogP contribution in [0.3, 0.4) is 0 Å². The van der Waals surface area contributed by atoms with Crippen molar-refractivity contribution in [2.24, 2.45) is 5.73 Å². The first-order valence-corrected chi connectivity index (χ1v) is 7.08. The molecular formula is C14H17Cl2N3. The second-order valence-corrected chi connectivity index (χ2v) is 5.35. The smallest absolute Gasteiger partial charge is 0.0595 e. The second kappa shape index (κ2) is 6.42. The van der Waals surface area contributed by atoms with Crippen molar-refractivity contribution >= 4 is 23.2 Å². The summed E-state index contributed by atoms with van der Waals surface area (Å²) in [6.45, 7) is 3.01. The molecule has 2 aromatic rings. The summed E-state index contributed by atoms with van der Waals surface area (Å²) >= 11 is 11.9. The number of aromatic nitrogens is 2. The lowest BCUT2D eigenvalue weighted by Gasteiger charge is -2.14. The molecule has 2 N–H and O–H groups in total. The molecule has 1 atom stereocenters. The number of nitrogens with zero attached hydrogens (tertiary/aromatic N) is 2. The number of rotatable bonds is 5. The predicted octanol–water partition coefficient (Wildman–Crippen LogP) is 3.84. The highest BCUT2D eigenvalue weighted by molar-refractivity contribution is 6.42. The molecule has 0 saturated heterocycles. The fourth-order valence-corrected chi connectivity index (χ4v) is 2.40. The summed E-state index contributed by atoms with van der Waals surface area (Å²) in [6, 6.07) is 7.50. The minimum Gasteiger partial charge on any atom is -0.322 e. The zero-order chi connectivity index (χ0) is 13.8. The molecular weight excluding hydrogens is 281 g/mol. The maximum Gasteiger partial charge on any atom is 0.0595 e. The van der Waals surface area contributed by atoms with Gasteiger partial charge in [0.25, 0.3) is 0 Å². The number of halogens is 2. The summed E-state index contributed by atoms with van der Waals surface area (Å²) < 4.78 is 1.96. The van der Waals surface area contributed by atoms with Crippen molar-refractivity contribution in [3.05, 3.63) is 51.8 Å². The highest BCUT2D eigenvalue weighted by Crippen LogP contribution is 2.25. The molecule has 0 spiro atoms. The first-order chi connectivity index (χ1) is 9.11. The summed E-state index contributed by atoms with van der Waals surface area (Å²) in [7, 11) is 0. The van der Waals surface area contributed by atoms with Gasteiger partial charge in [-0.3, -0.25) is 4.68 Å². The van der Waals surface area contributed by atoms with E-state index in [9.17, 15) is 0 Å². The van der Waals surface area contributed by atoms with Gasteiger partial charge in [0.05, 0.1) is 21.8 Å². The zero-order valence-corrected chi connectivity index (χ0v) is 12.3.